The largest absolute Gasteiger partial charge is 0.463 e. The highest BCUT2D eigenvalue weighted by Crippen LogP contribution is 2.31. The van der Waals surface area contributed by atoms with Crippen LogP contribution < -0.4 is 10.1 Å². The third-order valence-corrected chi connectivity index (χ3v) is 3.69. The van der Waals surface area contributed by atoms with Gasteiger partial charge in [-0.2, -0.15) is 0 Å². The zero-order valence-corrected chi connectivity index (χ0v) is 10.9. The van der Waals surface area contributed by atoms with E-state index in [1.165, 1.54) is 6.07 Å². The number of likely N-dealkylation sites (N-methyl/N-ethyl adjacent to an activating group) is 1. The van der Waals surface area contributed by atoms with Gasteiger partial charge in [0, 0.05) is 6.26 Å². The predicted octanol–water partition coefficient (Wildman–Crippen LogP) is 0.684. The first kappa shape index (κ1) is 13.3. The maximum Gasteiger partial charge on any atom is 0.212 e. The Morgan fingerprint density at radius 3 is 2.83 bits per heavy atom. The summed E-state index contributed by atoms with van der Waals surface area (Å²) in [6.07, 6.45) is 0.482. The average Bonchev–Trinajstić information content (AvgIpc) is 2.27. The molecule has 2 rings (SSSR count). The lowest BCUT2D eigenvalue weighted by atomic mass is 10.2. The number of hydrogen-bond acceptors (Lipinski definition) is 5. The summed E-state index contributed by atoms with van der Waals surface area (Å²) in [5, 5.41) is 2.87. The predicted molar refractivity (Wildman–Crippen MR) is 62.6 cm³/mol. The summed E-state index contributed by atoms with van der Waals surface area (Å²) in [4.78, 5) is -0.0937. The highest BCUT2D eigenvalue weighted by molar-refractivity contribution is 7.90. The maximum atomic E-state index is 13.7. The van der Waals surface area contributed by atoms with Gasteiger partial charge in [0.2, 0.25) is 6.29 Å². The second kappa shape index (κ2) is 4.83. The first-order valence-corrected chi connectivity index (χ1v) is 7.26. The van der Waals surface area contributed by atoms with Gasteiger partial charge in [-0.25, -0.2) is 12.8 Å². The summed E-state index contributed by atoms with van der Waals surface area (Å²) < 4.78 is 47.2. The molecule has 100 valence electrons. The monoisotopic (exact) mass is 275 g/mol. The number of sulfone groups is 1. The Morgan fingerprint density at radius 2 is 2.22 bits per heavy atom. The Labute approximate surface area is 105 Å². The molecule has 1 atom stereocenters. The molecule has 0 aliphatic carbocycles. The van der Waals surface area contributed by atoms with Gasteiger partial charge < -0.3 is 14.8 Å². The lowest BCUT2D eigenvalue weighted by molar-refractivity contribution is -0.105. The molecule has 0 amide bonds. The van der Waals surface area contributed by atoms with Gasteiger partial charge in [-0.15, -0.1) is 0 Å². The van der Waals surface area contributed by atoms with E-state index in [1.807, 2.05) is 0 Å². The highest BCUT2D eigenvalue weighted by Gasteiger charge is 2.25. The summed E-state index contributed by atoms with van der Waals surface area (Å²) >= 11 is 0. The van der Waals surface area contributed by atoms with E-state index in [9.17, 15) is 12.8 Å². The second-order valence-electron chi connectivity index (χ2n) is 4.07. The fourth-order valence-electron chi connectivity index (χ4n) is 1.67. The van der Waals surface area contributed by atoms with Crippen molar-refractivity contribution >= 4 is 9.84 Å². The third-order valence-electron chi connectivity index (χ3n) is 2.60. The van der Waals surface area contributed by atoms with Crippen molar-refractivity contribution in [2.24, 2.45) is 0 Å². The van der Waals surface area contributed by atoms with Gasteiger partial charge in [-0.1, -0.05) is 0 Å². The van der Waals surface area contributed by atoms with Gasteiger partial charge in [-0.3, -0.25) is 0 Å². The van der Waals surface area contributed by atoms with Crippen LogP contribution in [0.1, 0.15) is 5.56 Å². The molecule has 1 heterocycles. The summed E-state index contributed by atoms with van der Waals surface area (Å²) in [5.74, 6) is -0.405. The Morgan fingerprint density at radius 1 is 1.50 bits per heavy atom. The molecule has 0 spiro atoms. The number of hydrogen-bond donors (Lipinski definition) is 1. The van der Waals surface area contributed by atoms with Crippen LogP contribution in [0.15, 0.2) is 17.0 Å². The minimum absolute atomic E-state index is 0.0670. The van der Waals surface area contributed by atoms with Crippen LogP contribution in [0.3, 0.4) is 0 Å². The van der Waals surface area contributed by atoms with Gasteiger partial charge in [0.1, 0.15) is 11.6 Å². The van der Waals surface area contributed by atoms with Crippen molar-refractivity contribution in [1.82, 2.24) is 5.32 Å². The van der Waals surface area contributed by atoms with Gasteiger partial charge >= 0.3 is 0 Å². The van der Waals surface area contributed by atoms with Crippen LogP contribution in [-0.2, 0) is 21.2 Å². The molecule has 1 aromatic carbocycles. The van der Waals surface area contributed by atoms with E-state index in [0.717, 1.165) is 12.3 Å². The molecule has 0 fully saturated rings. The van der Waals surface area contributed by atoms with Crippen LogP contribution in [0, 0.1) is 5.82 Å². The number of halogens is 1. The zero-order valence-electron chi connectivity index (χ0n) is 10.1. The molecule has 0 saturated heterocycles. The van der Waals surface area contributed by atoms with Crippen LogP contribution in [0.25, 0.3) is 0 Å². The SMILES string of the molecule is CNCC1OCc2c(F)cc(S(C)(=O)=O)cc2O1. The van der Waals surface area contributed by atoms with E-state index in [0.29, 0.717) is 6.54 Å². The summed E-state index contributed by atoms with van der Waals surface area (Å²) in [6.45, 7) is 0.502. The van der Waals surface area contributed by atoms with Crippen LogP contribution >= 0.6 is 0 Å². The summed E-state index contributed by atoms with van der Waals surface area (Å²) in [5.41, 5.74) is 0.245. The Kier molecular flexibility index (Phi) is 3.56. The molecular formula is C11H14FNO4S. The summed E-state index contributed by atoms with van der Waals surface area (Å²) in [7, 11) is -1.73. The molecule has 0 bridgehead atoms. The fourth-order valence-corrected chi connectivity index (χ4v) is 2.30. The van der Waals surface area contributed by atoms with Gasteiger partial charge in [0.15, 0.2) is 9.84 Å². The molecule has 18 heavy (non-hydrogen) atoms. The van der Waals surface area contributed by atoms with Crippen molar-refractivity contribution in [3.8, 4) is 5.75 Å². The first-order valence-electron chi connectivity index (χ1n) is 5.37. The van der Waals surface area contributed by atoms with Crippen LogP contribution in [0.4, 0.5) is 4.39 Å². The van der Waals surface area contributed by atoms with Gasteiger partial charge in [0.05, 0.1) is 23.6 Å². The molecule has 1 N–H and O–H groups in total. The van der Waals surface area contributed by atoms with E-state index in [-0.39, 0.29) is 22.8 Å². The number of rotatable bonds is 3. The van der Waals surface area contributed by atoms with Gasteiger partial charge in [-0.05, 0) is 19.2 Å². The number of fused-ring (bicyclic) bond motifs is 1. The third kappa shape index (κ3) is 2.63. The molecule has 0 radical (unpaired) electrons. The first-order chi connectivity index (χ1) is 8.41. The van der Waals surface area contributed by atoms with Crippen molar-refractivity contribution in [1.29, 1.82) is 0 Å². The topological polar surface area (TPSA) is 64.6 Å². The van der Waals surface area contributed by atoms with Crippen molar-refractivity contribution in [2.45, 2.75) is 17.8 Å². The summed E-state index contributed by atoms with van der Waals surface area (Å²) in [6, 6.07) is 2.32. The fraction of sp³-hybridized carbons (Fsp3) is 0.455. The molecule has 1 aliphatic rings. The number of benzene rings is 1. The molecule has 7 heteroatoms. The molecule has 0 saturated carbocycles. The lowest BCUT2D eigenvalue weighted by Gasteiger charge is -2.26. The van der Waals surface area contributed by atoms with E-state index in [1.54, 1.807) is 7.05 Å². The quantitative estimate of drug-likeness (QED) is 0.879. The van der Waals surface area contributed by atoms with Gasteiger partial charge in [0.25, 0.3) is 0 Å². The van der Waals surface area contributed by atoms with Crippen molar-refractivity contribution in [3.05, 3.63) is 23.5 Å². The van der Waals surface area contributed by atoms with E-state index in [4.69, 9.17) is 9.47 Å². The van der Waals surface area contributed by atoms with Crippen molar-refractivity contribution < 1.29 is 22.3 Å². The molecule has 5 nitrogen and oxygen atoms in total. The maximum absolute atomic E-state index is 13.7. The Bertz CT molecular complexity index is 558. The van der Waals surface area contributed by atoms with Crippen LogP contribution in [0.5, 0.6) is 5.75 Å². The Balaban J connectivity index is 2.40. The molecule has 1 aliphatic heterocycles. The molecular weight excluding hydrogens is 261 g/mol. The molecule has 1 unspecified atom stereocenters. The minimum Gasteiger partial charge on any atom is -0.463 e. The number of nitrogens with one attached hydrogen (secondary N) is 1. The second-order valence-corrected chi connectivity index (χ2v) is 6.09. The normalized spacial score (nSPS) is 19.2. The van der Waals surface area contributed by atoms with Crippen molar-refractivity contribution in [3.63, 3.8) is 0 Å². The van der Waals surface area contributed by atoms with E-state index in [2.05, 4.69) is 5.32 Å². The lowest BCUT2D eigenvalue weighted by Crippen LogP contribution is -2.34. The average molecular weight is 275 g/mol. The van der Waals surface area contributed by atoms with E-state index < -0.39 is 21.9 Å². The van der Waals surface area contributed by atoms with Crippen molar-refractivity contribution in [2.75, 3.05) is 19.8 Å². The van der Waals surface area contributed by atoms with E-state index >= 15 is 0 Å². The molecule has 0 aromatic heterocycles. The van der Waals surface area contributed by atoms with Crippen LogP contribution in [-0.4, -0.2) is 34.6 Å². The standard InChI is InChI=1S/C11H14FNO4S/c1-13-5-11-16-6-8-9(12)3-7(18(2,14)15)4-10(8)17-11/h3-4,11,13H,5-6H2,1-2H3. The minimum atomic E-state index is -3.47. The molecule has 1 aromatic rings. The zero-order chi connectivity index (χ0) is 13.3. The highest BCUT2D eigenvalue weighted by atomic mass is 32.2. The van der Waals surface area contributed by atoms with Crippen LogP contribution in [0.2, 0.25) is 0 Å². The Hall–Kier alpha value is -1.18. The number of ether oxygens (including phenoxy) is 2. The smallest absolute Gasteiger partial charge is 0.212 e.